The van der Waals surface area contributed by atoms with Gasteiger partial charge in [0, 0.05) is 5.56 Å². The third-order valence-corrected chi connectivity index (χ3v) is 4.07. The molecule has 1 N–H and O–H groups in total. The molecule has 2 aromatic carbocycles. The average molecular weight is 354 g/mol. The largest absolute Gasteiger partial charge is 0.416 e. The number of H-pyrrole nitrogens is 1. The Balaban J connectivity index is 2.00. The molecule has 0 saturated carbocycles. The molecule has 0 aliphatic rings. The van der Waals surface area contributed by atoms with Crippen LogP contribution in [-0.4, -0.2) is 14.4 Å². The molecule has 0 bridgehead atoms. The Bertz CT molecular complexity index is 1240. The van der Waals surface area contributed by atoms with E-state index in [0.717, 1.165) is 12.1 Å². The fourth-order valence-electron chi connectivity index (χ4n) is 2.85. The van der Waals surface area contributed by atoms with Crippen molar-refractivity contribution in [2.45, 2.75) is 6.18 Å². The van der Waals surface area contributed by atoms with Crippen LogP contribution in [0.1, 0.15) is 11.1 Å². The first-order valence-corrected chi connectivity index (χ1v) is 7.51. The molecule has 8 heteroatoms. The summed E-state index contributed by atoms with van der Waals surface area (Å²) in [5.41, 5.74) is -0.105. The minimum Gasteiger partial charge on any atom is -0.323 e. The smallest absolute Gasteiger partial charge is 0.323 e. The lowest BCUT2D eigenvalue weighted by molar-refractivity contribution is -0.137. The normalized spacial score (nSPS) is 11.8. The molecular weight excluding hydrogens is 345 g/mol. The number of fused-ring (bicyclic) bond motifs is 3. The Kier molecular flexibility index (Phi) is 3.34. The molecule has 0 radical (unpaired) electrons. The van der Waals surface area contributed by atoms with Crippen molar-refractivity contribution in [3.05, 3.63) is 70.0 Å². The highest BCUT2D eigenvalue weighted by atomic mass is 19.4. The lowest BCUT2D eigenvalue weighted by Gasteiger charge is -2.08. The van der Waals surface area contributed by atoms with Crippen LogP contribution in [-0.2, 0) is 6.18 Å². The second-order valence-corrected chi connectivity index (χ2v) is 5.63. The maximum absolute atomic E-state index is 12.8. The van der Waals surface area contributed by atoms with E-state index in [2.05, 4.69) is 9.97 Å². The molecule has 26 heavy (non-hydrogen) atoms. The van der Waals surface area contributed by atoms with Crippen LogP contribution in [0, 0.1) is 11.3 Å². The third-order valence-electron chi connectivity index (χ3n) is 4.07. The predicted molar refractivity (Wildman–Crippen MR) is 88.5 cm³/mol. The summed E-state index contributed by atoms with van der Waals surface area (Å²) in [5.74, 6) is 0.213. The Morgan fingerprint density at radius 3 is 2.42 bits per heavy atom. The Labute approximate surface area is 144 Å². The van der Waals surface area contributed by atoms with Gasteiger partial charge in [-0.05, 0) is 24.3 Å². The summed E-state index contributed by atoms with van der Waals surface area (Å²) in [6, 6.07) is 13.0. The monoisotopic (exact) mass is 354 g/mol. The molecular formula is C18H9F3N4O. The van der Waals surface area contributed by atoms with Crippen molar-refractivity contribution < 1.29 is 13.2 Å². The van der Waals surface area contributed by atoms with Crippen LogP contribution in [0.4, 0.5) is 13.2 Å². The number of rotatable bonds is 1. The van der Waals surface area contributed by atoms with Crippen molar-refractivity contribution in [1.82, 2.24) is 14.4 Å². The third kappa shape index (κ3) is 2.33. The molecule has 0 aliphatic heterocycles. The van der Waals surface area contributed by atoms with Gasteiger partial charge in [-0.15, -0.1) is 0 Å². The van der Waals surface area contributed by atoms with Crippen LogP contribution in [0.3, 0.4) is 0 Å². The maximum atomic E-state index is 12.8. The number of hydrogen-bond donors (Lipinski definition) is 1. The van der Waals surface area contributed by atoms with Gasteiger partial charge in [0.1, 0.15) is 11.6 Å². The number of halogens is 3. The number of hydrogen-bond acceptors (Lipinski definition) is 3. The molecule has 0 amide bonds. The zero-order valence-electron chi connectivity index (χ0n) is 13.0. The minimum absolute atomic E-state index is 0.0396. The average Bonchev–Trinajstić information content (AvgIpc) is 2.99. The molecule has 0 saturated heterocycles. The van der Waals surface area contributed by atoms with E-state index in [-0.39, 0.29) is 22.6 Å². The number of aromatic amines is 1. The molecule has 4 aromatic rings. The summed E-state index contributed by atoms with van der Waals surface area (Å²) >= 11 is 0. The molecule has 0 fully saturated rings. The van der Waals surface area contributed by atoms with Gasteiger partial charge in [-0.2, -0.15) is 18.4 Å². The molecule has 0 spiro atoms. The van der Waals surface area contributed by atoms with Crippen molar-refractivity contribution in [1.29, 1.82) is 5.26 Å². The van der Waals surface area contributed by atoms with E-state index in [1.165, 1.54) is 16.5 Å². The first kappa shape index (κ1) is 15.9. The topological polar surface area (TPSA) is 73.9 Å². The lowest BCUT2D eigenvalue weighted by atomic mass is 10.1. The molecule has 2 aromatic heterocycles. The summed E-state index contributed by atoms with van der Waals surface area (Å²) in [6.07, 6.45) is -4.47. The predicted octanol–water partition coefficient (Wildman–Crippen LogP) is 3.73. The quantitative estimate of drug-likeness (QED) is 0.566. The van der Waals surface area contributed by atoms with E-state index in [1.54, 1.807) is 24.3 Å². The summed E-state index contributed by atoms with van der Waals surface area (Å²) < 4.78 is 39.5. The Morgan fingerprint density at radius 2 is 1.77 bits per heavy atom. The standard InChI is InChI=1S/C18H9F3N4O/c19-18(20,21)11-7-5-10(6-8-11)15-12(9-22)16(26)25-14-4-2-1-3-13(14)23-17(25)24-15/h1-8H,(H,23,24). The number of aromatic nitrogens is 3. The zero-order valence-corrected chi connectivity index (χ0v) is 13.0. The highest BCUT2D eigenvalue weighted by Gasteiger charge is 2.30. The Hall–Kier alpha value is -3.60. The number of imidazole rings is 1. The van der Waals surface area contributed by atoms with Crippen molar-refractivity contribution in [2.24, 2.45) is 0 Å². The molecule has 4 rings (SSSR count). The highest BCUT2D eigenvalue weighted by Crippen LogP contribution is 2.31. The van der Waals surface area contributed by atoms with Crippen molar-refractivity contribution in [3.8, 4) is 17.3 Å². The molecule has 5 nitrogen and oxygen atoms in total. The van der Waals surface area contributed by atoms with Crippen molar-refractivity contribution >= 4 is 16.8 Å². The van der Waals surface area contributed by atoms with E-state index in [4.69, 9.17) is 0 Å². The van der Waals surface area contributed by atoms with E-state index in [9.17, 15) is 23.2 Å². The van der Waals surface area contributed by atoms with E-state index < -0.39 is 17.3 Å². The second kappa shape index (κ2) is 5.46. The van der Waals surface area contributed by atoms with Crippen molar-refractivity contribution in [2.75, 3.05) is 0 Å². The van der Waals surface area contributed by atoms with E-state index >= 15 is 0 Å². The summed E-state index contributed by atoms with van der Waals surface area (Å²) in [5, 5.41) is 9.42. The lowest BCUT2D eigenvalue weighted by Crippen LogP contribution is -2.18. The van der Waals surface area contributed by atoms with Gasteiger partial charge in [-0.3, -0.25) is 4.79 Å². The SMILES string of the molecule is N#Cc1c(-c2ccc(C(F)(F)F)cc2)nc2[nH]c3ccccc3n2c1=O. The first-order chi connectivity index (χ1) is 12.4. The minimum atomic E-state index is -4.47. The van der Waals surface area contributed by atoms with Crippen LogP contribution in [0.25, 0.3) is 28.1 Å². The fourth-order valence-corrected chi connectivity index (χ4v) is 2.85. The number of para-hydroxylation sites is 2. The maximum Gasteiger partial charge on any atom is 0.416 e. The Morgan fingerprint density at radius 1 is 1.08 bits per heavy atom. The van der Waals surface area contributed by atoms with Crippen LogP contribution in [0.5, 0.6) is 0 Å². The highest BCUT2D eigenvalue weighted by molar-refractivity contribution is 5.80. The van der Waals surface area contributed by atoms with Crippen LogP contribution >= 0.6 is 0 Å². The van der Waals surface area contributed by atoms with Crippen LogP contribution < -0.4 is 5.56 Å². The molecule has 2 heterocycles. The van der Waals surface area contributed by atoms with E-state index in [1.807, 2.05) is 6.07 Å². The van der Waals surface area contributed by atoms with E-state index in [0.29, 0.717) is 11.0 Å². The molecule has 0 aliphatic carbocycles. The molecule has 0 atom stereocenters. The fraction of sp³-hybridized carbons (Fsp3) is 0.0556. The first-order valence-electron chi connectivity index (χ1n) is 7.51. The van der Waals surface area contributed by atoms with Gasteiger partial charge >= 0.3 is 6.18 Å². The summed E-state index contributed by atoms with van der Waals surface area (Å²) in [6.45, 7) is 0. The van der Waals surface area contributed by atoms with Gasteiger partial charge in [0.25, 0.3) is 5.56 Å². The summed E-state index contributed by atoms with van der Waals surface area (Å²) in [4.78, 5) is 20.0. The zero-order chi connectivity index (χ0) is 18.5. The summed E-state index contributed by atoms with van der Waals surface area (Å²) in [7, 11) is 0. The number of nitriles is 1. The van der Waals surface area contributed by atoms with Crippen LogP contribution in [0.2, 0.25) is 0 Å². The van der Waals surface area contributed by atoms with Gasteiger partial charge in [0.15, 0.2) is 0 Å². The van der Waals surface area contributed by atoms with Crippen LogP contribution in [0.15, 0.2) is 53.3 Å². The number of nitrogens with zero attached hydrogens (tertiary/aromatic N) is 3. The number of nitrogens with one attached hydrogen (secondary N) is 1. The number of benzene rings is 2. The van der Waals surface area contributed by atoms with Gasteiger partial charge in [-0.1, -0.05) is 24.3 Å². The number of alkyl halides is 3. The van der Waals surface area contributed by atoms with Crippen molar-refractivity contribution in [3.63, 3.8) is 0 Å². The molecule has 128 valence electrons. The molecule has 0 unspecified atom stereocenters. The van der Waals surface area contributed by atoms with Gasteiger partial charge in [0.2, 0.25) is 5.78 Å². The van der Waals surface area contributed by atoms with Gasteiger partial charge in [-0.25, -0.2) is 9.38 Å². The van der Waals surface area contributed by atoms with Gasteiger partial charge in [0.05, 0.1) is 22.3 Å². The van der Waals surface area contributed by atoms with Gasteiger partial charge < -0.3 is 4.98 Å². The second-order valence-electron chi connectivity index (χ2n) is 5.63.